The quantitative estimate of drug-likeness (QED) is 0.129. The molecule has 1 saturated heterocycles. The van der Waals surface area contributed by atoms with Gasteiger partial charge in [0, 0.05) is 26.2 Å². The Bertz CT molecular complexity index is 1090. The highest BCUT2D eigenvalue weighted by atomic mass is 16.4. The van der Waals surface area contributed by atoms with Crippen LogP contribution in [-0.4, -0.2) is 94.8 Å². The highest BCUT2D eigenvalue weighted by Gasteiger charge is 2.34. The lowest BCUT2D eigenvalue weighted by Gasteiger charge is -2.32. The molecule has 2 heterocycles. The van der Waals surface area contributed by atoms with Crippen molar-refractivity contribution in [3.8, 4) is 0 Å². The van der Waals surface area contributed by atoms with Crippen LogP contribution in [0.15, 0.2) is 24.4 Å². The Kier molecular flexibility index (Phi) is 13.8. The molecule has 0 radical (unpaired) electrons. The van der Waals surface area contributed by atoms with Crippen LogP contribution >= 0.6 is 0 Å². The van der Waals surface area contributed by atoms with Crippen molar-refractivity contribution in [3.63, 3.8) is 0 Å². The SMILES string of the molecule is CC(C)C[C@@H](C(=O)N[C@@H](CCC(=O)O)C(N)=O)N(C)C(=O)[C@H](CCCNC(=O)[C@H]1CCCN1)NC(=O)c1ccccn1. The van der Waals surface area contributed by atoms with Crippen molar-refractivity contribution in [3.05, 3.63) is 30.1 Å². The lowest BCUT2D eigenvalue weighted by Crippen LogP contribution is -2.57. The summed E-state index contributed by atoms with van der Waals surface area (Å²) in [5.41, 5.74) is 5.49. The molecule has 1 fully saturated rings. The van der Waals surface area contributed by atoms with E-state index in [1.165, 1.54) is 24.2 Å². The maximum Gasteiger partial charge on any atom is 0.303 e. The molecule has 0 aliphatic carbocycles. The van der Waals surface area contributed by atoms with Gasteiger partial charge in [0.1, 0.15) is 23.8 Å². The minimum absolute atomic E-state index is 0.0389. The third-order valence-electron chi connectivity index (χ3n) is 6.97. The number of aromatic nitrogens is 1. The van der Waals surface area contributed by atoms with E-state index in [2.05, 4.69) is 26.3 Å². The fraction of sp³-hybridized carbons (Fsp3) is 0.607. The fourth-order valence-corrected chi connectivity index (χ4v) is 4.64. The Morgan fingerprint density at radius 3 is 2.43 bits per heavy atom. The van der Waals surface area contributed by atoms with Gasteiger partial charge in [-0.2, -0.15) is 0 Å². The molecule has 1 aliphatic rings. The van der Waals surface area contributed by atoms with Gasteiger partial charge >= 0.3 is 5.97 Å². The number of nitrogens with one attached hydrogen (secondary N) is 4. The number of carbonyl (C=O) groups excluding carboxylic acids is 5. The molecular formula is C28H43N7O7. The number of carboxylic acids is 1. The summed E-state index contributed by atoms with van der Waals surface area (Å²) >= 11 is 0. The molecular weight excluding hydrogens is 546 g/mol. The molecule has 5 amide bonds. The number of hydrogen-bond acceptors (Lipinski definition) is 8. The monoisotopic (exact) mass is 589 g/mol. The molecule has 0 unspecified atom stereocenters. The van der Waals surface area contributed by atoms with Crippen LogP contribution in [0.4, 0.5) is 0 Å². The van der Waals surface area contributed by atoms with Crippen molar-refractivity contribution in [2.45, 2.75) is 83.0 Å². The Hall–Kier alpha value is -4.07. The number of nitrogens with two attached hydrogens (primary N) is 1. The van der Waals surface area contributed by atoms with Gasteiger partial charge in [0.05, 0.1) is 6.04 Å². The van der Waals surface area contributed by atoms with E-state index >= 15 is 0 Å². The number of likely N-dealkylation sites (N-methyl/N-ethyl adjacent to an activating group) is 1. The molecule has 0 bridgehead atoms. The van der Waals surface area contributed by atoms with Gasteiger partial charge in [0.25, 0.3) is 5.91 Å². The number of amides is 5. The van der Waals surface area contributed by atoms with Crippen molar-refractivity contribution < 1.29 is 33.9 Å². The number of primary amides is 1. The zero-order chi connectivity index (χ0) is 31.2. The number of carboxylic acid groups (broad SMARTS) is 1. The highest BCUT2D eigenvalue weighted by molar-refractivity contribution is 5.97. The summed E-state index contributed by atoms with van der Waals surface area (Å²) in [6.45, 7) is 4.78. The number of aliphatic carboxylic acids is 1. The first-order valence-corrected chi connectivity index (χ1v) is 14.2. The zero-order valence-electron chi connectivity index (χ0n) is 24.4. The minimum Gasteiger partial charge on any atom is -0.481 e. The molecule has 7 N–H and O–H groups in total. The molecule has 2 rings (SSSR count). The Labute approximate surface area is 245 Å². The predicted octanol–water partition coefficient (Wildman–Crippen LogP) is -0.464. The van der Waals surface area contributed by atoms with Gasteiger partial charge in [-0.05, 0) is 63.1 Å². The molecule has 14 heteroatoms. The molecule has 0 aromatic carbocycles. The second-order valence-corrected chi connectivity index (χ2v) is 10.8. The normalized spacial score (nSPS) is 16.6. The molecule has 232 valence electrons. The molecule has 0 saturated carbocycles. The van der Waals surface area contributed by atoms with Gasteiger partial charge in [-0.15, -0.1) is 0 Å². The summed E-state index contributed by atoms with van der Waals surface area (Å²) in [4.78, 5) is 80.4. The fourth-order valence-electron chi connectivity index (χ4n) is 4.64. The van der Waals surface area contributed by atoms with Gasteiger partial charge < -0.3 is 37.0 Å². The zero-order valence-corrected chi connectivity index (χ0v) is 24.4. The van der Waals surface area contributed by atoms with Crippen LogP contribution in [0.2, 0.25) is 0 Å². The van der Waals surface area contributed by atoms with Crippen molar-refractivity contribution in [2.75, 3.05) is 20.1 Å². The maximum atomic E-state index is 13.8. The van der Waals surface area contributed by atoms with Crippen LogP contribution in [0.3, 0.4) is 0 Å². The third kappa shape index (κ3) is 11.1. The average molecular weight is 590 g/mol. The first-order chi connectivity index (χ1) is 19.9. The van der Waals surface area contributed by atoms with E-state index in [-0.39, 0.29) is 55.8 Å². The van der Waals surface area contributed by atoms with E-state index < -0.39 is 47.7 Å². The minimum atomic E-state index is -1.23. The number of rotatable bonds is 17. The van der Waals surface area contributed by atoms with Crippen molar-refractivity contribution in [1.82, 2.24) is 31.2 Å². The molecule has 42 heavy (non-hydrogen) atoms. The molecule has 1 aromatic rings. The van der Waals surface area contributed by atoms with Crippen molar-refractivity contribution >= 4 is 35.5 Å². The summed E-state index contributed by atoms with van der Waals surface area (Å²) < 4.78 is 0. The first-order valence-electron chi connectivity index (χ1n) is 14.2. The van der Waals surface area contributed by atoms with Gasteiger partial charge in [-0.3, -0.25) is 33.8 Å². The number of nitrogens with zero attached hydrogens (tertiary/aromatic N) is 2. The van der Waals surface area contributed by atoms with E-state index in [9.17, 15) is 28.8 Å². The molecule has 1 aromatic heterocycles. The van der Waals surface area contributed by atoms with Gasteiger partial charge in [-0.25, -0.2) is 0 Å². The summed E-state index contributed by atoms with van der Waals surface area (Å²) in [6.07, 6.45) is 3.30. The topological polar surface area (TPSA) is 213 Å². The number of carbonyl (C=O) groups is 6. The van der Waals surface area contributed by atoms with Crippen molar-refractivity contribution in [1.29, 1.82) is 0 Å². The summed E-state index contributed by atoms with van der Waals surface area (Å²) in [5.74, 6) is -3.99. The second kappa shape index (κ2) is 17.0. The highest BCUT2D eigenvalue weighted by Crippen LogP contribution is 2.15. The molecule has 4 atom stereocenters. The van der Waals surface area contributed by atoms with E-state index in [4.69, 9.17) is 10.8 Å². The molecule has 0 spiro atoms. The van der Waals surface area contributed by atoms with Gasteiger partial charge in [0.15, 0.2) is 0 Å². The van der Waals surface area contributed by atoms with Gasteiger partial charge in [-0.1, -0.05) is 19.9 Å². The van der Waals surface area contributed by atoms with E-state index in [1.54, 1.807) is 12.1 Å². The van der Waals surface area contributed by atoms with E-state index in [0.29, 0.717) is 6.42 Å². The predicted molar refractivity (Wildman–Crippen MR) is 153 cm³/mol. The van der Waals surface area contributed by atoms with E-state index in [0.717, 1.165) is 19.4 Å². The molecule has 14 nitrogen and oxygen atoms in total. The van der Waals surface area contributed by atoms with Crippen LogP contribution < -0.4 is 27.0 Å². The summed E-state index contributed by atoms with van der Waals surface area (Å²) in [7, 11) is 1.43. The van der Waals surface area contributed by atoms with Crippen LogP contribution in [-0.2, 0) is 24.0 Å². The average Bonchev–Trinajstić information content (AvgIpc) is 3.50. The largest absolute Gasteiger partial charge is 0.481 e. The van der Waals surface area contributed by atoms with Crippen molar-refractivity contribution in [2.24, 2.45) is 11.7 Å². The van der Waals surface area contributed by atoms with Gasteiger partial charge in [0.2, 0.25) is 23.6 Å². The lowest BCUT2D eigenvalue weighted by molar-refractivity contribution is -0.142. The number of pyridine rings is 1. The lowest BCUT2D eigenvalue weighted by atomic mass is 9.99. The summed E-state index contributed by atoms with van der Waals surface area (Å²) in [5, 5.41) is 20.1. The Morgan fingerprint density at radius 2 is 1.86 bits per heavy atom. The standard InChI is InChI=1S/C28H43N7O7/c1-17(2)16-22(27(41)33-18(24(29)38)11-12-23(36)37)35(3)28(42)21(34-26(40)20-8-4-5-13-30-20)10-7-15-32-25(39)19-9-6-14-31-19/h4-5,8,13,17-19,21-22,31H,6-7,9-12,14-16H2,1-3H3,(H2,29,38)(H,32,39)(H,33,41)(H,34,40)(H,36,37)/t18-,19+,21-,22-/m0/s1. The maximum absolute atomic E-state index is 13.8. The summed E-state index contributed by atoms with van der Waals surface area (Å²) in [6, 6.07) is 1.24. The smallest absolute Gasteiger partial charge is 0.303 e. The molecule has 1 aliphatic heterocycles. The van der Waals surface area contributed by atoms with Crippen LogP contribution in [0.5, 0.6) is 0 Å². The number of hydrogen-bond donors (Lipinski definition) is 6. The third-order valence-corrected chi connectivity index (χ3v) is 6.97. The first kappa shape index (κ1) is 34.1. The Balaban J connectivity index is 2.18. The van der Waals surface area contributed by atoms with Crippen LogP contribution in [0.1, 0.15) is 69.3 Å². The van der Waals surface area contributed by atoms with E-state index in [1.807, 2.05) is 13.8 Å². The second-order valence-electron chi connectivity index (χ2n) is 10.8. The van der Waals surface area contributed by atoms with Crippen LogP contribution in [0.25, 0.3) is 0 Å². The Morgan fingerprint density at radius 1 is 1.12 bits per heavy atom. The van der Waals surface area contributed by atoms with Crippen LogP contribution in [0, 0.1) is 5.92 Å².